The molecule has 1 amide bonds. The maximum atomic E-state index is 12.4. The molecule has 0 atom stereocenters. The summed E-state index contributed by atoms with van der Waals surface area (Å²) in [7, 11) is 0. The molecule has 0 saturated carbocycles. The number of carboxylic acids is 1. The highest BCUT2D eigenvalue weighted by atomic mass is 32.1. The smallest absolute Gasteiger partial charge is 0.306 e. The fourth-order valence-electron chi connectivity index (χ4n) is 2.58. The number of thiazole rings is 1. The summed E-state index contributed by atoms with van der Waals surface area (Å²) in [5.41, 5.74) is 1.79. The van der Waals surface area contributed by atoms with Crippen molar-refractivity contribution in [2.45, 2.75) is 12.8 Å². The molecular formula is C16H16N2O3S. The molecule has 1 aliphatic heterocycles. The summed E-state index contributed by atoms with van der Waals surface area (Å²) >= 11 is 1.33. The minimum atomic E-state index is -0.771. The quantitative estimate of drug-likeness (QED) is 0.945. The van der Waals surface area contributed by atoms with Gasteiger partial charge >= 0.3 is 5.97 Å². The highest BCUT2D eigenvalue weighted by Gasteiger charge is 2.28. The van der Waals surface area contributed by atoms with E-state index in [1.54, 1.807) is 4.90 Å². The largest absolute Gasteiger partial charge is 0.481 e. The third-order valence-electron chi connectivity index (χ3n) is 3.89. The number of carbonyl (C=O) groups excluding carboxylic acids is 1. The van der Waals surface area contributed by atoms with Crippen LogP contribution >= 0.6 is 11.3 Å². The Morgan fingerprint density at radius 1 is 1.18 bits per heavy atom. The molecule has 1 saturated heterocycles. The van der Waals surface area contributed by atoms with Crippen molar-refractivity contribution in [3.8, 4) is 11.3 Å². The van der Waals surface area contributed by atoms with E-state index in [2.05, 4.69) is 4.98 Å². The number of amides is 1. The summed E-state index contributed by atoms with van der Waals surface area (Å²) < 4.78 is 0. The number of benzene rings is 1. The zero-order valence-corrected chi connectivity index (χ0v) is 12.8. The third-order valence-corrected chi connectivity index (χ3v) is 4.72. The Morgan fingerprint density at radius 3 is 2.50 bits per heavy atom. The first-order valence-electron chi connectivity index (χ1n) is 7.18. The van der Waals surface area contributed by atoms with Gasteiger partial charge in [-0.15, -0.1) is 11.3 Å². The summed E-state index contributed by atoms with van der Waals surface area (Å²) in [6.07, 6.45) is 1.02. The lowest BCUT2D eigenvalue weighted by Crippen LogP contribution is -2.40. The van der Waals surface area contributed by atoms with E-state index in [4.69, 9.17) is 5.11 Å². The van der Waals surface area contributed by atoms with Crippen molar-refractivity contribution >= 4 is 23.2 Å². The molecule has 1 aliphatic rings. The topological polar surface area (TPSA) is 70.5 Å². The fourth-order valence-corrected chi connectivity index (χ4v) is 3.37. The SMILES string of the molecule is O=C(O)C1CCN(C(=O)c2nc(-c3ccccc3)cs2)CC1. The molecule has 1 N–H and O–H groups in total. The molecule has 0 bridgehead atoms. The predicted octanol–water partition coefficient (Wildman–Crippen LogP) is 2.75. The van der Waals surface area contributed by atoms with Crippen molar-refractivity contribution in [3.05, 3.63) is 40.7 Å². The lowest BCUT2D eigenvalue weighted by atomic mass is 9.97. The van der Waals surface area contributed by atoms with Crippen LogP contribution in [-0.4, -0.2) is 40.0 Å². The second-order valence-corrected chi connectivity index (χ2v) is 6.17. The van der Waals surface area contributed by atoms with Crippen molar-refractivity contribution in [1.29, 1.82) is 0 Å². The average molecular weight is 316 g/mol. The molecule has 1 fully saturated rings. The van der Waals surface area contributed by atoms with Crippen molar-refractivity contribution in [2.24, 2.45) is 5.92 Å². The molecular weight excluding hydrogens is 300 g/mol. The number of nitrogens with zero attached hydrogens (tertiary/aromatic N) is 2. The van der Waals surface area contributed by atoms with Gasteiger partial charge in [0, 0.05) is 24.0 Å². The number of piperidine rings is 1. The molecule has 3 rings (SSSR count). The van der Waals surface area contributed by atoms with E-state index in [0.29, 0.717) is 30.9 Å². The standard InChI is InChI=1S/C16H16N2O3S/c19-15(18-8-6-12(7-9-18)16(20)21)14-17-13(10-22-14)11-4-2-1-3-5-11/h1-5,10,12H,6-9H2,(H,20,21). The molecule has 0 radical (unpaired) electrons. The van der Waals surface area contributed by atoms with Crippen LogP contribution in [0.25, 0.3) is 11.3 Å². The first-order valence-corrected chi connectivity index (χ1v) is 8.06. The summed E-state index contributed by atoms with van der Waals surface area (Å²) in [6.45, 7) is 0.964. The molecule has 1 aromatic carbocycles. The van der Waals surface area contributed by atoms with E-state index in [1.165, 1.54) is 11.3 Å². The van der Waals surface area contributed by atoms with Crippen LogP contribution in [-0.2, 0) is 4.79 Å². The van der Waals surface area contributed by atoms with Crippen LogP contribution in [0.2, 0.25) is 0 Å². The number of aliphatic carboxylic acids is 1. The van der Waals surface area contributed by atoms with E-state index in [0.717, 1.165) is 11.3 Å². The average Bonchev–Trinajstić information content (AvgIpc) is 3.05. The summed E-state index contributed by atoms with van der Waals surface area (Å²) in [5.74, 6) is -1.20. The lowest BCUT2D eigenvalue weighted by molar-refractivity contribution is -0.143. The minimum absolute atomic E-state index is 0.101. The number of hydrogen-bond donors (Lipinski definition) is 1. The minimum Gasteiger partial charge on any atom is -0.481 e. The van der Waals surface area contributed by atoms with E-state index in [-0.39, 0.29) is 11.8 Å². The van der Waals surface area contributed by atoms with Crippen LogP contribution < -0.4 is 0 Å². The van der Waals surface area contributed by atoms with Gasteiger partial charge in [0.15, 0.2) is 5.01 Å². The zero-order valence-electron chi connectivity index (χ0n) is 11.9. The molecule has 1 aromatic heterocycles. The van der Waals surface area contributed by atoms with Crippen molar-refractivity contribution in [2.75, 3.05) is 13.1 Å². The first kappa shape index (κ1) is 14.7. The number of aromatic nitrogens is 1. The van der Waals surface area contributed by atoms with Crippen molar-refractivity contribution < 1.29 is 14.7 Å². The van der Waals surface area contributed by atoms with E-state index in [1.807, 2.05) is 35.7 Å². The lowest BCUT2D eigenvalue weighted by Gasteiger charge is -2.29. The normalized spacial score (nSPS) is 15.7. The number of carboxylic acid groups (broad SMARTS) is 1. The van der Waals surface area contributed by atoms with Crippen LogP contribution in [0, 0.1) is 5.92 Å². The molecule has 2 heterocycles. The molecule has 0 unspecified atom stereocenters. The van der Waals surface area contributed by atoms with Crippen molar-refractivity contribution in [1.82, 2.24) is 9.88 Å². The Bertz CT molecular complexity index is 676. The van der Waals surface area contributed by atoms with Gasteiger partial charge in [-0.1, -0.05) is 30.3 Å². The van der Waals surface area contributed by atoms with Crippen molar-refractivity contribution in [3.63, 3.8) is 0 Å². The van der Waals surface area contributed by atoms with Crippen LogP contribution in [0.1, 0.15) is 22.6 Å². The molecule has 0 aliphatic carbocycles. The van der Waals surface area contributed by atoms with Crippen LogP contribution in [0.4, 0.5) is 0 Å². The van der Waals surface area contributed by atoms with E-state index >= 15 is 0 Å². The molecule has 2 aromatic rings. The van der Waals surface area contributed by atoms with Crippen LogP contribution in [0.15, 0.2) is 35.7 Å². The van der Waals surface area contributed by atoms with Gasteiger partial charge in [0.25, 0.3) is 5.91 Å². The maximum Gasteiger partial charge on any atom is 0.306 e. The number of carbonyl (C=O) groups is 2. The first-order chi connectivity index (χ1) is 10.6. The summed E-state index contributed by atoms with van der Waals surface area (Å²) in [6, 6.07) is 9.73. The number of hydrogen-bond acceptors (Lipinski definition) is 4. The van der Waals surface area contributed by atoms with E-state index < -0.39 is 5.97 Å². The predicted molar refractivity (Wildman–Crippen MR) is 83.8 cm³/mol. The van der Waals surface area contributed by atoms with Gasteiger partial charge in [0.2, 0.25) is 0 Å². The summed E-state index contributed by atoms with van der Waals surface area (Å²) in [5, 5.41) is 11.3. The highest BCUT2D eigenvalue weighted by Crippen LogP contribution is 2.24. The van der Waals surface area contributed by atoms with Gasteiger partial charge in [-0.05, 0) is 12.8 Å². The van der Waals surface area contributed by atoms with Gasteiger partial charge in [-0.25, -0.2) is 4.98 Å². The van der Waals surface area contributed by atoms with E-state index in [9.17, 15) is 9.59 Å². The Labute approximate surface area is 132 Å². The van der Waals surface area contributed by atoms with Gasteiger partial charge in [-0.2, -0.15) is 0 Å². The highest BCUT2D eigenvalue weighted by molar-refractivity contribution is 7.12. The Kier molecular flexibility index (Phi) is 4.20. The molecule has 22 heavy (non-hydrogen) atoms. The Hall–Kier alpha value is -2.21. The second-order valence-electron chi connectivity index (χ2n) is 5.31. The van der Waals surface area contributed by atoms with Crippen LogP contribution in [0.3, 0.4) is 0 Å². The molecule has 5 nitrogen and oxygen atoms in total. The Morgan fingerprint density at radius 2 is 1.86 bits per heavy atom. The van der Waals surface area contributed by atoms with Gasteiger partial charge < -0.3 is 10.0 Å². The molecule has 6 heteroatoms. The van der Waals surface area contributed by atoms with Gasteiger partial charge in [0.05, 0.1) is 11.6 Å². The molecule has 0 spiro atoms. The van der Waals surface area contributed by atoms with Gasteiger partial charge in [0.1, 0.15) is 0 Å². The van der Waals surface area contributed by atoms with Gasteiger partial charge in [-0.3, -0.25) is 9.59 Å². The third kappa shape index (κ3) is 3.01. The number of rotatable bonds is 3. The zero-order chi connectivity index (χ0) is 15.5. The fraction of sp³-hybridized carbons (Fsp3) is 0.312. The summed E-state index contributed by atoms with van der Waals surface area (Å²) in [4.78, 5) is 29.5. The maximum absolute atomic E-state index is 12.4. The monoisotopic (exact) mass is 316 g/mol. The number of likely N-dealkylation sites (tertiary alicyclic amines) is 1. The van der Waals surface area contributed by atoms with Crippen LogP contribution in [0.5, 0.6) is 0 Å². The second kappa shape index (κ2) is 6.27. The molecule has 114 valence electrons. The Balaban J connectivity index is 1.69.